The summed E-state index contributed by atoms with van der Waals surface area (Å²) in [5.41, 5.74) is -0.163. The molecule has 0 aromatic carbocycles. The average molecular weight is 440 g/mol. The highest BCUT2D eigenvalue weighted by Crippen LogP contribution is 2.35. The summed E-state index contributed by atoms with van der Waals surface area (Å²) < 4.78 is 12.2. The first-order chi connectivity index (χ1) is 15.2. The van der Waals surface area contributed by atoms with Crippen LogP contribution in [0.15, 0.2) is 30.6 Å². The summed E-state index contributed by atoms with van der Waals surface area (Å²) in [5, 5.41) is 16.9. The number of hydrogen-bond acceptors (Lipinski definition) is 8. The number of nitrogens with zero attached hydrogens (tertiary/aromatic N) is 5. The van der Waals surface area contributed by atoms with Crippen molar-refractivity contribution in [2.45, 2.75) is 45.3 Å². The molecule has 0 saturated heterocycles. The van der Waals surface area contributed by atoms with Crippen molar-refractivity contribution in [3.05, 3.63) is 36.2 Å². The van der Waals surface area contributed by atoms with E-state index in [2.05, 4.69) is 20.4 Å². The summed E-state index contributed by atoms with van der Waals surface area (Å²) in [6.45, 7) is 5.36. The maximum Gasteiger partial charge on any atom is 0.416 e. The molecule has 4 rings (SSSR count). The average Bonchev–Trinajstić information content (AvgIpc) is 3.44. The molecule has 11 nitrogen and oxygen atoms in total. The van der Waals surface area contributed by atoms with E-state index < -0.39 is 17.7 Å². The van der Waals surface area contributed by atoms with Crippen LogP contribution in [0.3, 0.4) is 0 Å². The van der Waals surface area contributed by atoms with Gasteiger partial charge >= 0.3 is 12.1 Å². The van der Waals surface area contributed by atoms with E-state index in [4.69, 9.17) is 9.47 Å². The SMILES string of the molecule is COc1ncccc1Nc1cc(N(C(=O)OC(C)(C)C)C2CC2)n2ncc(C(=O)O)c2n1. The number of amides is 1. The van der Waals surface area contributed by atoms with Crippen LogP contribution in [0.2, 0.25) is 0 Å². The van der Waals surface area contributed by atoms with Gasteiger partial charge in [0, 0.05) is 18.3 Å². The largest absolute Gasteiger partial charge is 0.480 e. The Balaban J connectivity index is 1.85. The maximum absolute atomic E-state index is 13.1. The molecule has 2 N–H and O–H groups in total. The zero-order valence-corrected chi connectivity index (χ0v) is 18.2. The van der Waals surface area contributed by atoms with Crippen molar-refractivity contribution in [3.63, 3.8) is 0 Å². The minimum absolute atomic E-state index is 0.0753. The van der Waals surface area contributed by atoms with Crippen LogP contribution in [0.5, 0.6) is 5.88 Å². The molecule has 0 atom stereocenters. The van der Waals surface area contributed by atoms with Gasteiger partial charge in [0.1, 0.15) is 28.5 Å². The number of carboxylic acid groups (broad SMARTS) is 1. The van der Waals surface area contributed by atoms with Crippen molar-refractivity contribution in [1.82, 2.24) is 19.6 Å². The Bertz CT molecular complexity index is 1180. The van der Waals surface area contributed by atoms with E-state index in [1.54, 1.807) is 45.2 Å². The van der Waals surface area contributed by atoms with Gasteiger partial charge in [-0.1, -0.05) is 0 Å². The maximum atomic E-state index is 13.1. The monoisotopic (exact) mass is 440 g/mol. The predicted molar refractivity (Wildman–Crippen MR) is 116 cm³/mol. The van der Waals surface area contributed by atoms with Crippen molar-refractivity contribution < 1.29 is 24.2 Å². The van der Waals surface area contributed by atoms with Crippen LogP contribution < -0.4 is 15.0 Å². The van der Waals surface area contributed by atoms with E-state index in [-0.39, 0.29) is 17.3 Å². The number of aromatic carboxylic acids is 1. The molecular formula is C21H24N6O5. The first kappa shape index (κ1) is 21.3. The molecule has 3 aromatic rings. The molecule has 3 heterocycles. The number of fused-ring (bicyclic) bond motifs is 1. The zero-order valence-electron chi connectivity index (χ0n) is 18.2. The standard InChI is InChI=1S/C21H24N6O5/c1-21(2,3)32-20(30)26(12-7-8-12)16-10-15(24-14-6-5-9-22-18(14)31-4)25-17-13(19(28)29)11-23-27(16)17/h5-6,9-12H,7-8H2,1-4H3,(H,24,25)(H,28,29). The fraction of sp³-hybridized carbons (Fsp3) is 0.381. The third-order valence-corrected chi connectivity index (χ3v) is 4.66. The molecule has 1 amide bonds. The summed E-state index contributed by atoms with van der Waals surface area (Å²) in [7, 11) is 1.49. The summed E-state index contributed by atoms with van der Waals surface area (Å²) in [6.07, 6.45) is 3.86. The number of pyridine rings is 1. The van der Waals surface area contributed by atoms with Crippen LogP contribution in [0.25, 0.3) is 5.65 Å². The number of carbonyl (C=O) groups excluding carboxylic acids is 1. The van der Waals surface area contributed by atoms with Gasteiger partial charge in [-0.15, -0.1) is 0 Å². The van der Waals surface area contributed by atoms with E-state index >= 15 is 0 Å². The minimum atomic E-state index is -1.18. The molecule has 1 aliphatic rings. The molecule has 0 bridgehead atoms. The van der Waals surface area contributed by atoms with E-state index in [1.807, 2.05) is 0 Å². The molecule has 0 spiro atoms. The van der Waals surface area contributed by atoms with Crippen molar-refractivity contribution in [2.75, 3.05) is 17.3 Å². The number of rotatable bonds is 6. The van der Waals surface area contributed by atoms with Crippen molar-refractivity contribution in [3.8, 4) is 5.88 Å². The van der Waals surface area contributed by atoms with Crippen LogP contribution in [-0.4, -0.2) is 55.5 Å². The molecule has 32 heavy (non-hydrogen) atoms. The first-order valence-electron chi connectivity index (χ1n) is 10.1. The molecule has 1 fully saturated rings. The molecular weight excluding hydrogens is 416 g/mol. The van der Waals surface area contributed by atoms with Crippen molar-refractivity contribution in [1.29, 1.82) is 0 Å². The summed E-state index contributed by atoms with van der Waals surface area (Å²) in [6, 6.07) is 5.02. The second-order valence-corrected chi connectivity index (χ2v) is 8.37. The first-order valence-corrected chi connectivity index (χ1v) is 10.1. The highest BCUT2D eigenvalue weighted by Gasteiger charge is 2.38. The fourth-order valence-electron chi connectivity index (χ4n) is 3.19. The molecule has 168 valence electrons. The number of carbonyl (C=O) groups is 2. The number of nitrogens with one attached hydrogen (secondary N) is 1. The van der Waals surface area contributed by atoms with E-state index in [0.717, 1.165) is 12.8 Å². The Labute approximate surface area is 184 Å². The Kier molecular flexibility index (Phi) is 5.33. The summed E-state index contributed by atoms with van der Waals surface area (Å²) in [4.78, 5) is 34.9. The zero-order chi connectivity index (χ0) is 23.0. The Morgan fingerprint density at radius 3 is 2.69 bits per heavy atom. The number of carboxylic acids is 1. The molecule has 0 aliphatic heterocycles. The van der Waals surface area contributed by atoms with Gasteiger partial charge in [-0.3, -0.25) is 4.90 Å². The van der Waals surface area contributed by atoms with Crippen LogP contribution in [0.4, 0.5) is 22.1 Å². The summed E-state index contributed by atoms with van der Waals surface area (Å²) in [5.74, 6) is -0.181. The van der Waals surface area contributed by atoms with Gasteiger partial charge in [0.15, 0.2) is 5.65 Å². The fourth-order valence-corrected chi connectivity index (χ4v) is 3.19. The molecule has 0 unspecified atom stereocenters. The lowest BCUT2D eigenvalue weighted by atomic mass is 10.2. The minimum Gasteiger partial charge on any atom is -0.480 e. The normalized spacial score (nSPS) is 13.6. The number of anilines is 3. The molecule has 3 aromatic heterocycles. The van der Waals surface area contributed by atoms with Crippen LogP contribution in [0, 0.1) is 0 Å². The quantitative estimate of drug-likeness (QED) is 0.591. The molecule has 1 aliphatic carbocycles. The van der Waals surface area contributed by atoms with Crippen LogP contribution in [-0.2, 0) is 4.74 Å². The molecule has 11 heteroatoms. The van der Waals surface area contributed by atoms with E-state index in [9.17, 15) is 14.7 Å². The van der Waals surface area contributed by atoms with E-state index in [1.165, 1.54) is 22.7 Å². The smallest absolute Gasteiger partial charge is 0.416 e. The Morgan fingerprint density at radius 2 is 2.06 bits per heavy atom. The Morgan fingerprint density at radius 1 is 1.31 bits per heavy atom. The highest BCUT2D eigenvalue weighted by atomic mass is 16.6. The molecule has 0 radical (unpaired) electrons. The number of methoxy groups -OCH3 is 1. The Hall–Kier alpha value is -3.89. The third kappa shape index (κ3) is 4.27. The topological polar surface area (TPSA) is 131 Å². The third-order valence-electron chi connectivity index (χ3n) is 4.66. The number of aromatic nitrogens is 4. The molecule has 1 saturated carbocycles. The van der Waals surface area contributed by atoms with Crippen LogP contribution in [0.1, 0.15) is 44.0 Å². The van der Waals surface area contributed by atoms with Gasteiger partial charge in [0.2, 0.25) is 5.88 Å². The lowest BCUT2D eigenvalue weighted by Gasteiger charge is -2.27. The highest BCUT2D eigenvalue weighted by molar-refractivity contribution is 5.96. The van der Waals surface area contributed by atoms with Crippen molar-refractivity contribution >= 4 is 35.0 Å². The predicted octanol–water partition coefficient (Wildman–Crippen LogP) is 3.48. The van der Waals surface area contributed by atoms with Gasteiger partial charge < -0.3 is 19.9 Å². The lowest BCUT2D eigenvalue weighted by molar-refractivity contribution is 0.0575. The van der Waals surface area contributed by atoms with Gasteiger partial charge in [-0.2, -0.15) is 9.61 Å². The second-order valence-electron chi connectivity index (χ2n) is 8.37. The number of ether oxygens (including phenoxy) is 2. The van der Waals surface area contributed by atoms with Gasteiger partial charge in [0.05, 0.1) is 13.3 Å². The number of hydrogen-bond donors (Lipinski definition) is 2. The van der Waals surface area contributed by atoms with Gasteiger partial charge in [-0.05, 0) is 45.7 Å². The van der Waals surface area contributed by atoms with Crippen LogP contribution >= 0.6 is 0 Å². The van der Waals surface area contributed by atoms with Gasteiger partial charge in [0.25, 0.3) is 0 Å². The van der Waals surface area contributed by atoms with Gasteiger partial charge in [-0.25, -0.2) is 19.6 Å². The van der Waals surface area contributed by atoms with E-state index in [0.29, 0.717) is 23.2 Å². The summed E-state index contributed by atoms with van der Waals surface area (Å²) >= 11 is 0. The second kappa shape index (κ2) is 7.98. The lowest BCUT2D eigenvalue weighted by Crippen LogP contribution is -2.39. The van der Waals surface area contributed by atoms with Crippen molar-refractivity contribution in [2.24, 2.45) is 0 Å².